The maximum absolute atomic E-state index is 12.5. The number of hydrogen-bond donors (Lipinski definition) is 0. The number of rotatable bonds is 6. The number of carbonyl (C=O) groups excluding carboxylic acids is 1. The lowest BCUT2D eigenvalue weighted by atomic mass is 10.1. The van der Waals surface area contributed by atoms with Crippen molar-refractivity contribution in [2.45, 2.75) is 24.8 Å². The van der Waals surface area contributed by atoms with Gasteiger partial charge in [0.05, 0.1) is 11.5 Å². The Kier molecular flexibility index (Phi) is 6.15. The molecule has 0 radical (unpaired) electrons. The highest BCUT2D eigenvalue weighted by Gasteiger charge is 2.30. The summed E-state index contributed by atoms with van der Waals surface area (Å²) in [7, 11) is -4.11. The zero-order valence-corrected chi connectivity index (χ0v) is 15.6. The Morgan fingerprint density at radius 3 is 2.21 bits per heavy atom. The third-order valence-electron chi connectivity index (χ3n) is 3.21. The molecule has 0 aliphatic rings. The fraction of sp³-hybridized carbons (Fsp3) is 0.235. The topological polar surface area (TPSA) is 69.7 Å². The van der Waals surface area contributed by atoms with Crippen LogP contribution in [0, 0.1) is 6.92 Å². The van der Waals surface area contributed by atoms with Gasteiger partial charge in [0.15, 0.2) is 6.10 Å². The molecule has 0 saturated carbocycles. The molecule has 2 aromatic carbocycles. The van der Waals surface area contributed by atoms with Crippen LogP contribution in [0.15, 0.2) is 57.9 Å². The highest BCUT2D eigenvalue weighted by atomic mass is 79.9. The van der Waals surface area contributed by atoms with Gasteiger partial charge < -0.3 is 4.74 Å². The van der Waals surface area contributed by atoms with Crippen LogP contribution < -0.4 is 0 Å². The van der Waals surface area contributed by atoms with E-state index in [9.17, 15) is 13.2 Å². The first kappa shape index (κ1) is 18.6. The van der Waals surface area contributed by atoms with Crippen LogP contribution in [0.25, 0.3) is 0 Å². The van der Waals surface area contributed by atoms with E-state index < -0.39 is 22.2 Å². The summed E-state index contributed by atoms with van der Waals surface area (Å²) in [5, 5.41) is 0. The van der Waals surface area contributed by atoms with Gasteiger partial charge in [-0.15, -0.1) is 0 Å². The summed E-state index contributed by atoms with van der Waals surface area (Å²) in [6, 6.07) is 12.8. The van der Waals surface area contributed by atoms with Crippen LogP contribution in [0.3, 0.4) is 0 Å². The van der Waals surface area contributed by atoms with Gasteiger partial charge in [-0.25, -0.2) is 8.98 Å². The highest BCUT2D eigenvalue weighted by molar-refractivity contribution is 9.10. The highest BCUT2D eigenvalue weighted by Crippen LogP contribution is 2.26. The Morgan fingerprint density at radius 2 is 1.67 bits per heavy atom. The molecule has 24 heavy (non-hydrogen) atoms. The minimum Gasteiger partial charge on any atom is -0.464 e. The predicted octanol–water partition coefficient (Wildman–Crippen LogP) is 3.77. The van der Waals surface area contributed by atoms with E-state index in [4.69, 9.17) is 8.92 Å². The van der Waals surface area contributed by atoms with Crippen molar-refractivity contribution in [1.82, 2.24) is 0 Å². The van der Waals surface area contributed by atoms with Crippen molar-refractivity contribution in [1.29, 1.82) is 0 Å². The Hall–Kier alpha value is -1.70. The summed E-state index contributed by atoms with van der Waals surface area (Å²) in [5.74, 6) is -0.754. The first-order chi connectivity index (χ1) is 11.3. The summed E-state index contributed by atoms with van der Waals surface area (Å²) in [5.41, 5.74) is 1.32. The lowest BCUT2D eigenvalue weighted by Crippen LogP contribution is -2.22. The minimum atomic E-state index is -4.11. The molecule has 0 aliphatic carbocycles. The Morgan fingerprint density at radius 1 is 1.08 bits per heavy atom. The first-order valence-electron chi connectivity index (χ1n) is 7.25. The molecular formula is C17H17BrO5S. The molecule has 7 heteroatoms. The third-order valence-corrected chi connectivity index (χ3v) is 5.03. The Balaban J connectivity index is 2.35. The molecule has 2 rings (SSSR count). The summed E-state index contributed by atoms with van der Waals surface area (Å²) < 4.78 is 35.9. The number of benzene rings is 2. The van der Waals surface area contributed by atoms with Gasteiger partial charge in [0, 0.05) is 4.47 Å². The number of esters is 1. The number of carbonyl (C=O) groups is 1. The SMILES string of the molecule is CCOC(=O)C(OS(=O)(=O)c1ccc(C)cc1)c1ccc(Br)cc1. The summed E-state index contributed by atoms with van der Waals surface area (Å²) in [6.45, 7) is 3.62. The number of hydrogen-bond acceptors (Lipinski definition) is 5. The zero-order chi connectivity index (χ0) is 17.7. The van der Waals surface area contributed by atoms with E-state index in [1.165, 1.54) is 12.1 Å². The van der Waals surface area contributed by atoms with Crippen LogP contribution in [0.2, 0.25) is 0 Å². The molecule has 1 unspecified atom stereocenters. The van der Waals surface area contributed by atoms with Crippen LogP contribution >= 0.6 is 15.9 Å². The molecule has 0 aliphatic heterocycles. The van der Waals surface area contributed by atoms with Gasteiger partial charge in [-0.1, -0.05) is 45.8 Å². The van der Waals surface area contributed by atoms with Gasteiger partial charge >= 0.3 is 5.97 Å². The average Bonchev–Trinajstić information content (AvgIpc) is 2.54. The van der Waals surface area contributed by atoms with Gasteiger partial charge in [0.25, 0.3) is 10.1 Å². The Labute approximate surface area is 149 Å². The van der Waals surface area contributed by atoms with Crippen LogP contribution in [0.1, 0.15) is 24.2 Å². The second-order valence-corrected chi connectivity index (χ2v) is 7.53. The van der Waals surface area contributed by atoms with Crippen molar-refractivity contribution < 1.29 is 22.1 Å². The van der Waals surface area contributed by atoms with Crippen molar-refractivity contribution >= 4 is 32.0 Å². The standard InChI is InChI=1S/C17H17BrO5S/c1-3-22-17(19)16(13-6-8-14(18)9-7-13)23-24(20,21)15-10-4-12(2)5-11-15/h4-11,16H,3H2,1-2H3. The predicted molar refractivity (Wildman–Crippen MR) is 93.0 cm³/mol. The second-order valence-electron chi connectivity index (χ2n) is 5.05. The number of aryl methyl sites for hydroxylation is 1. The summed E-state index contributed by atoms with van der Waals surface area (Å²) in [6.07, 6.45) is -1.36. The van der Waals surface area contributed by atoms with Crippen molar-refractivity contribution in [2.24, 2.45) is 0 Å². The van der Waals surface area contributed by atoms with Crippen LogP contribution in [0.5, 0.6) is 0 Å². The fourth-order valence-corrected chi connectivity index (χ4v) is 3.26. The second kappa shape index (κ2) is 7.92. The quantitative estimate of drug-likeness (QED) is 0.533. The van der Waals surface area contributed by atoms with Crippen molar-refractivity contribution in [3.8, 4) is 0 Å². The molecule has 0 amide bonds. The molecule has 0 aromatic heterocycles. The molecule has 0 fully saturated rings. The zero-order valence-electron chi connectivity index (χ0n) is 13.2. The average molecular weight is 413 g/mol. The molecule has 128 valence electrons. The van der Waals surface area contributed by atoms with Gasteiger partial charge in [-0.2, -0.15) is 8.42 Å². The monoisotopic (exact) mass is 412 g/mol. The van der Waals surface area contributed by atoms with Gasteiger partial charge in [-0.05, 0) is 43.7 Å². The van der Waals surface area contributed by atoms with E-state index in [1.807, 2.05) is 6.92 Å². The van der Waals surface area contributed by atoms with Crippen molar-refractivity contribution in [2.75, 3.05) is 6.61 Å². The van der Waals surface area contributed by atoms with Crippen molar-refractivity contribution in [3.05, 3.63) is 64.1 Å². The van der Waals surface area contributed by atoms with Gasteiger partial charge in [-0.3, -0.25) is 0 Å². The molecule has 0 spiro atoms. The normalized spacial score (nSPS) is 12.6. The Bertz CT molecular complexity index is 798. The first-order valence-corrected chi connectivity index (χ1v) is 9.45. The lowest BCUT2D eigenvalue weighted by molar-refractivity contribution is -0.151. The lowest BCUT2D eigenvalue weighted by Gasteiger charge is -2.17. The molecule has 0 heterocycles. The fourth-order valence-electron chi connectivity index (χ4n) is 1.97. The minimum absolute atomic E-state index is 0.0143. The molecule has 5 nitrogen and oxygen atoms in total. The maximum atomic E-state index is 12.5. The van der Waals surface area contributed by atoms with E-state index in [1.54, 1.807) is 43.3 Å². The largest absolute Gasteiger partial charge is 0.464 e. The molecule has 0 bridgehead atoms. The summed E-state index contributed by atoms with van der Waals surface area (Å²) in [4.78, 5) is 12.2. The smallest absolute Gasteiger partial charge is 0.341 e. The van der Waals surface area contributed by atoms with Gasteiger partial charge in [0.2, 0.25) is 0 Å². The van der Waals surface area contributed by atoms with Gasteiger partial charge in [0.1, 0.15) is 0 Å². The van der Waals surface area contributed by atoms with Crippen LogP contribution in [-0.4, -0.2) is 21.0 Å². The van der Waals surface area contributed by atoms with E-state index in [2.05, 4.69) is 15.9 Å². The van der Waals surface area contributed by atoms with Crippen LogP contribution in [0.4, 0.5) is 0 Å². The molecule has 2 aromatic rings. The number of ether oxygens (including phenoxy) is 1. The molecule has 0 saturated heterocycles. The van der Waals surface area contributed by atoms with E-state index in [0.717, 1.165) is 10.0 Å². The van der Waals surface area contributed by atoms with E-state index in [0.29, 0.717) is 5.56 Å². The molecule has 0 N–H and O–H groups in total. The van der Waals surface area contributed by atoms with Crippen molar-refractivity contribution in [3.63, 3.8) is 0 Å². The third kappa shape index (κ3) is 4.66. The molecular weight excluding hydrogens is 396 g/mol. The summed E-state index contributed by atoms with van der Waals surface area (Å²) >= 11 is 3.29. The molecule has 1 atom stereocenters. The number of halogens is 1. The maximum Gasteiger partial charge on any atom is 0.341 e. The van der Waals surface area contributed by atoms with E-state index in [-0.39, 0.29) is 11.5 Å². The van der Waals surface area contributed by atoms with Crippen LogP contribution in [-0.2, 0) is 23.8 Å². The van der Waals surface area contributed by atoms with E-state index >= 15 is 0 Å².